The highest BCUT2D eigenvalue weighted by Crippen LogP contribution is 2.28. The molecule has 1 saturated heterocycles. The van der Waals surface area contributed by atoms with Gasteiger partial charge in [0.25, 0.3) is 0 Å². The first kappa shape index (κ1) is 17.4. The number of hydrogen-bond donors (Lipinski definition) is 2. The van der Waals surface area contributed by atoms with E-state index in [1.807, 2.05) is 6.07 Å². The van der Waals surface area contributed by atoms with Gasteiger partial charge in [0.2, 0.25) is 5.91 Å². The van der Waals surface area contributed by atoms with E-state index in [0.717, 1.165) is 31.0 Å². The third kappa shape index (κ3) is 4.37. The van der Waals surface area contributed by atoms with Crippen LogP contribution in [-0.2, 0) is 17.6 Å². The summed E-state index contributed by atoms with van der Waals surface area (Å²) in [6.45, 7) is 8.59. The molecule has 132 valence electrons. The summed E-state index contributed by atoms with van der Waals surface area (Å²) in [4.78, 5) is 14.0. The fourth-order valence-corrected chi connectivity index (χ4v) is 4.26. The molecule has 1 unspecified atom stereocenters. The number of amides is 1. The average Bonchev–Trinajstić information content (AvgIpc) is 2.59. The van der Waals surface area contributed by atoms with Gasteiger partial charge in [-0.3, -0.25) is 4.79 Å². The summed E-state index contributed by atoms with van der Waals surface area (Å²) < 4.78 is 0. The van der Waals surface area contributed by atoms with Gasteiger partial charge in [-0.05, 0) is 80.9 Å². The maximum absolute atomic E-state index is 11.3. The van der Waals surface area contributed by atoms with Gasteiger partial charge in [-0.15, -0.1) is 0 Å². The Morgan fingerprint density at radius 2 is 2.04 bits per heavy atom. The van der Waals surface area contributed by atoms with E-state index in [2.05, 4.69) is 34.6 Å². The van der Waals surface area contributed by atoms with E-state index < -0.39 is 0 Å². The van der Waals surface area contributed by atoms with E-state index in [9.17, 15) is 4.79 Å². The van der Waals surface area contributed by atoms with E-state index in [1.54, 1.807) is 6.92 Å². The number of rotatable bonds is 5. The number of hydrogen-bond acceptors (Lipinski definition) is 3. The number of aryl methyl sites for hydroxylation is 1. The van der Waals surface area contributed by atoms with E-state index in [-0.39, 0.29) is 5.91 Å². The van der Waals surface area contributed by atoms with Gasteiger partial charge in [0, 0.05) is 25.2 Å². The predicted molar refractivity (Wildman–Crippen MR) is 99.4 cm³/mol. The summed E-state index contributed by atoms with van der Waals surface area (Å²) in [5, 5.41) is 6.39. The summed E-state index contributed by atoms with van der Waals surface area (Å²) >= 11 is 0. The Morgan fingerprint density at radius 3 is 2.75 bits per heavy atom. The van der Waals surface area contributed by atoms with Gasteiger partial charge in [0.15, 0.2) is 0 Å². The van der Waals surface area contributed by atoms with Crippen LogP contribution in [0.3, 0.4) is 0 Å². The molecule has 3 rings (SSSR count). The van der Waals surface area contributed by atoms with E-state index >= 15 is 0 Å². The van der Waals surface area contributed by atoms with Crippen LogP contribution in [-0.4, -0.2) is 43.0 Å². The minimum Gasteiger partial charge on any atom is -0.326 e. The van der Waals surface area contributed by atoms with Crippen molar-refractivity contribution in [3.63, 3.8) is 0 Å². The van der Waals surface area contributed by atoms with Crippen molar-refractivity contribution in [2.24, 2.45) is 5.92 Å². The van der Waals surface area contributed by atoms with Crippen LogP contribution in [0.25, 0.3) is 0 Å². The van der Waals surface area contributed by atoms with Crippen molar-refractivity contribution >= 4 is 11.6 Å². The van der Waals surface area contributed by atoms with Gasteiger partial charge in [0.05, 0.1) is 0 Å². The van der Waals surface area contributed by atoms with Crippen LogP contribution >= 0.6 is 0 Å². The molecule has 4 nitrogen and oxygen atoms in total. The number of carbonyl (C=O) groups excluding carboxylic acids is 1. The lowest BCUT2D eigenvalue weighted by atomic mass is 9.86. The number of carbonyl (C=O) groups is 1. The normalized spacial score (nSPS) is 21.5. The summed E-state index contributed by atoms with van der Waals surface area (Å²) in [7, 11) is 0. The molecule has 0 spiro atoms. The molecule has 0 saturated carbocycles. The van der Waals surface area contributed by atoms with Crippen LogP contribution in [0.5, 0.6) is 0 Å². The molecule has 2 aliphatic rings. The molecule has 1 aliphatic heterocycles. The van der Waals surface area contributed by atoms with Crippen molar-refractivity contribution in [1.29, 1.82) is 0 Å². The van der Waals surface area contributed by atoms with Crippen LogP contribution in [0.4, 0.5) is 5.69 Å². The molecule has 2 N–H and O–H groups in total. The number of anilines is 1. The van der Waals surface area contributed by atoms with Crippen molar-refractivity contribution in [2.75, 3.05) is 31.5 Å². The minimum atomic E-state index is 0.00315. The first-order valence-corrected chi connectivity index (χ1v) is 9.50. The van der Waals surface area contributed by atoms with Crippen molar-refractivity contribution < 1.29 is 4.79 Å². The Hall–Kier alpha value is -1.39. The van der Waals surface area contributed by atoms with E-state index in [1.165, 1.54) is 50.0 Å². The smallest absolute Gasteiger partial charge is 0.221 e. The Morgan fingerprint density at radius 1 is 1.25 bits per heavy atom. The van der Waals surface area contributed by atoms with Crippen molar-refractivity contribution in [1.82, 2.24) is 10.2 Å². The van der Waals surface area contributed by atoms with Crippen molar-refractivity contribution in [2.45, 2.75) is 52.0 Å². The molecule has 1 amide bonds. The highest BCUT2D eigenvalue weighted by molar-refractivity contribution is 5.88. The third-order valence-electron chi connectivity index (χ3n) is 5.60. The molecule has 1 aliphatic carbocycles. The molecule has 0 radical (unpaired) electrons. The molecular weight excluding hydrogens is 298 g/mol. The third-order valence-corrected chi connectivity index (χ3v) is 5.60. The Kier molecular flexibility index (Phi) is 5.90. The summed E-state index contributed by atoms with van der Waals surface area (Å²) in [5.74, 6) is 0.849. The highest BCUT2D eigenvalue weighted by atomic mass is 16.1. The molecule has 4 heteroatoms. The maximum atomic E-state index is 11.3. The maximum Gasteiger partial charge on any atom is 0.221 e. The van der Waals surface area contributed by atoms with Gasteiger partial charge in [-0.25, -0.2) is 0 Å². The number of benzene rings is 1. The SMILES string of the molecule is CCN(CC1CCNCC1)C1CCc2ccc(NC(C)=O)cc2C1. The zero-order chi connectivity index (χ0) is 16.9. The fourth-order valence-electron chi connectivity index (χ4n) is 4.26. The Labute approximate surface area is 146 Å². The van der Waals surface area contributed by atoms with Gasteiger partial charge < -0.3 is 15.5 Å². The van der Waals surface area contributed by atoms with Crippen molar-refractivity contribution in [3.05, 3.63) is 29.3 Å². The second-order valence-electron chi connectivity index (χ2n) is 7.34. The summed E-state index contributed by atoms with van der Waals surface area (Å²) in [6.07, 6.45) is 6.15. The van der Waals surface area contributed by atoms with Crippen LogP contribution in [0.2, 0.25) is 0 Å². The summed E-state index contributed by atoms with van der Waals surface area (Å²) in [6, 6.07) is 7.05. The van der Waals surface area contributed by atoms with Crippen LogP contribution < -0.4 is 10.6 Å². The lowest BCUT2D eigenvalue weighted by Crippen LogP contribution is -2.43. The number of nitrogens with zero attached hydrogens (tertiary/aromatic N) is 1. The average molecular weight is 329 g/mol. The van der Waals surface area contributed by atoms with Gasteiger partial charge in [0.1, 0.15) is 0 Å². The number of nitrogens with one attached hydrogen (secondary N) is 2. The van der Waals surface area contributed by atoms with E-state index in [0.29, 0.717) is 6.04 Å². The topological polar surface area (TPSA) is 44.4 Å². The Bertz CT molecular complexity index is 566. The predicted octanol–water partition coefficient (Wildman–Crippen LogP) is 2.82. The van der Waals surface area contributed by atoms with Gasteiger partial charge in [-0.2, -0.15) is 0 Å². The van der Waals surface area contributed by atoms with Crippen LogP contribution in [0.1, 0.15) is 44.2 Å². The first-order valence-electron chi connectivity index (χ1n) is 9.50. The molecule has 1 fully saturated rings. The zero-order valence-electron chi connectivity index (χ0n) is 15.1. The first-order chi connectivity index (χ1) is 11.7. The van der Waals surface area contributed by atoms with Gasteiger partial charge in [-0.1, -0.05) is 13.0 Å². The second kappa shape index (κ2) is 8.13. The number of piperidine rings is 1. The highest BCUT2D eigenvalue weighted by Gasteiger charge is 2.26. The largest absolute Gasteiger partial charge is 0.326 e. The van der Waals surface area contributed by atoms with Crippen LogP contribution in [0, 0.1) is 5.92 Å². The molecule has 24 heavy (non-hydrogen) atoms. The van der Waals surface area contributed by atoms with Crippen molar-refractivity contribution in [3.8, 4) is 0 Å². The number of likely N-dealkylation sites (N-methyl/N-ethyl adjacent to an activating group) is 1. The molecule has 1 atom stereocenters. The monoisotopic (exact) mass is 329 g/mol. The molecule has 1 aromatic rings. The lowest BCUT2D eigenvalue weighted by molar-refractivity contribution is -0.114. The molecule has 1 heterocycles. The lowest BCUT2D eigenvalue weighted by Gasteiger charge is -2.37. The standard InChI is InChI=1S/C20H31N3O/c1-3-23(14-16-8-10-21-11-9-16)20-7-5-17-4-6-19(22-15(2)24)12-18(17)13-20/h4,6,12,16,20-21H,3,5,7-11,13-14H2,1-2H3,(H,22,24). The molecule has 1 aromatic carbocycles. The van der Waals surface area contributed by atoms with Gasteiger partial charge >= 0.3 is 0 Å². The molecule has 0 bridgehead atoms. The zero-order valence-corrected chi connectivity index (χ0v) is 15.1. The van der Waals surface area contributed by atoms with E-state index in [4.69, 9.17) is 0 Å². The Balaban J connectivity index is 1.66. The molecular formula is C20H31N3O. The fraction of sp³-hybridized carbons (Fsp3) is 0.650. The second-order valence-corrected chi connectivity index (χ2v) is 7.34. The quantitative estimate of drug-likeness (QED) is 0.873. The van der Waals surface area contributed by atoms with Crippen LogP contribution in [0.15, 0.2) is 18.2 Å². The summed E-state index contributed by atoms with van der Waals surface area (Å²) in [5.41, 5.74) is 3.81. The number of fused-ring (bicyclic) bond motifs is 1. The molecule has 0 aromatic heterocycles. The minimum absolute atomic E-state index is 0.00315.